The molecule has 0 amide bonds. The fourth-order valence-corrected chi connectivity index (χ4v) is 2.96. The highest BCUT2D eigenvalue weighted by Crippen LogP contribution is 2.30. The SMILES string of the molecule is CCCNCc1cnccc1OC1CCCC(CC)C1. The zero-order chi connectivity index (χ0) is 14.2. The predicted molar refractivity (Wildman–Crippen MR) is 82.9 cm³/mol. The summed E-state index contributed by atoms with van der Waals surface area (Å²) < 4.78 is 6.27. The summed E-state index contributed by atoms with van der Waals surface area (Å²) in [5.41, 5.74) is 1.18. The monoisotopic (exact) mass is 276 g/mol. The zero-order valence-corrected chi connectivity index (χ0v) is 12.9. The van der Waals surface area contributed by atoms with Crippen LogP contribution in [0, 0.1) is 5.92 Å². The molecule has 0 aromatic carbocycles. The van der Waals surface area contributed by atoms with Crippen LogP contribution in [0.4, 0.5) is 0 Å². The summed E-state index contributed by atoms with van der Waals surface area (Å²) in [5, 5.41) is 3.43. The van der Waals surface area contributed by atoms with Crippen LogP contribution in [0.3, 0.4) is 0 Å². The van der Waals surface area contributed by atoms with E-state index >= 15 is 0 Å². The van der Waals surface area contributed by atoms with Gasteiger partial charge in [-0.2, -0.15) is 0 Å². The average Bonchev–Trinajstić information content (AvgIpc) is 2.49. The van der Waals surface area contributed by atoms with E-state index in [1.54, 1.807) is 0 Å². The smallest absolute Gasteiger partial charge is 0.127 e. The highest BCUT2D eigenvalue weighted by atomic mass is 16.5. The van der Waals surface area contributed by atoms with Gasteiger partial charge < -0.3 is 10.1 Å². The van der Waals surface area contributed by atoms with Crippen LogP contribution in [0.1, 0.15) is 57.9 Å². The Kier molecular flexibility index (Phi) is 6.31. The van der Waals surface area contributed by atoms with Crippen molar-refractivity contribution in [2.75, 3.05) is 6.54 Å². The molecule has 112 valence electrons. The molecule has 0 radical (unpaired) electrons. The van der Waals surface area contributed by atoms with Gasteiger partial charge in [0.05, 0.1) is 6.10 Å². The van der Waals surface area contributed by atoms with E-state index in [9.17, 15) is 0 Å². The molecule has 1 aromatic heterocycles. The van der Waals surface area contributed by atoms with E-state index in [0.29, 0.717) is 6.10 Å². The van der Waals surface area contributed by atoms with Gasteiger partial charge in [-0.25, -0.2) is 0 Å². The quantitative estimate of drug-likeness (QED) is 0.766. The van der Waals surface area contributed by atoms with Crippen molar-refractivity contribution in [1.82, 2.24) is 10.3 Å². The van der Waals surface area contributed by atoms with Gasteiger partial charge in [0.15, 0.2) is 0 Å². The number of aromatic nitrogens is 1. The van der Waals surface area contributed by atoms with Crippen molar-refractivity contribution in [2.45, 2.75) is 65.0 Å². The van der Waals surface area contributed by atoms with E-state index < -0.39 is 0 Å². The number of hydrogen-bond acceptors (Lipinski definition) is 3. The van der Waals surface area contributed by atoms with E-state index in [4.69, 9.17) is 4.74 Å². The Bertz CT molecular complexity index is 394. The summed E-state index contributed by atoms with van der Waals surface area (Å²) >= 11 is 0. The van der Waals surface area contributed by atoms with E-state index in [1.807, 2.05) is 18.5 Å². The Morgan fingerprint density at radius 3 is 3.05 bits per heavy atom. The first-order chi connectivity index (χ1) is 9.83. The van der Waals surface area contributed by atoms with Gasteiger partial charge in [-0.1, -0.05) is 26.7 Å². The summed E-state index contributed by atoms with van der Waals surface area (Å²) in [6.45, 7) is 6.36. The molecule has 2 atom stereocenters. The van der Waals surface area contributed by atoms with E-state index in [-0.39, 0.29) is 0 Å². The number of ether oxygens (including phenoxy) is 1. The molecular formula is C17H28N2O. The van der Waals surface area contributed by atoms with Crippen LogP contribution in [0.25, 0.3) is 0 Å². The van der Waals surface area contributed by atoms with Crippen LogP contribution in [0.5, 0.6) is 5.75 Å². The number of hydrogen-bond donors (Lipinski definition) is 1. The molecule has 1 aromatic rings. The Hall–Kier alpha value is -1.09. The lowest BCUT2D eigenvalue weighted by atomic mass is 9.85. The molecular weight excluding hydrogens is 248 g/mol. The molecule has 0 aliphatic heterocycles. The van der Waals surface area contributed by atoms with Crippen LogP contribution in [0.15, 0.2) is 18.5 Å². The van der Waals surface area contributed by atoms with Crippen molar-refractivity contribution in [3.63, 3.8) is 0 Å². The second-order valence-electron chi connectivity index (χ2n) is 5.84. The molecule has 1 fully saturated rings. The third kappa shape index (κ3) is 4.48. The van der Waals surface area contributed by atoms with Crippen LogP contribution in [-0.2, 0) is 6.54 Å². The van der Waals surface area contributed by atoms with Crippen molar-refractivity contribution in [2.24, 2.45) is 5.92 Å². The van der Waals surface area contributed by atoms with Gasteiger partial charge in [0, 0.05) is 24.5 Å². The van der Waals surface area contributed by atoms with E-state index in [1.165, 1.54) is 37.7 Å². The van der Waals surface area contributed by atoms with Gasteiger partial charge in [-0.3, -0.25) is 4.98 Å². The molecule has 2 rings (SSSR count). The first-order valence-electron chi connectivity index (χ1n) is 8.13. The molecule has 3 heteroatoms. The number of nitrogens with zero attached hydrogens (tertiary/aromatic N) is 1. The minimum atomic E-state index is 0.390. The summed E-state index contributed by atoms with van der Waals surface area (Å²) in [4.78, 5) is 4.23. The van der Waals surface area contributed by atoms with Crippen LogP contribution in [-0.4, -0.2) is 17.6 Å². The van der Waals surface area contributed by atoms with Crippen molar-refractivity contribution >= 4 is 0 Å². The average molecular weight is 276 g/mol. The molecule has 0 saturated heterocycles. The van der Waals surface area contributed by atoms with Crippen LogP contribution in [0.2, 0.25) is 0 Å². The molecule has 20 heavy (non-hydrogen) atoms. The minimum Gasteiger partial charge on any atom is -0.490 e. The maximum Gasteiger partial charge on any atom is 0.127 e. The molecule has 1 N–H and O–H groups in total. The summed E-state index contributed by atoms with van der Waals surface area (Å²) in [7, 11) is 0. The molecule has 3 nitrogen and oxygen atoms in total. The third-order valence-electron chi connectivity index (χ3n) is 4.21. The van der Waals surface area contributed by atoms with Gasteiger partial charge in [-0.05, 0) is 44.2 Å². The first-order valence-corrected chi connectivity index (χ1v) is 8.13. The normalized spacial score (nSPS) is 22.7. The maximum absolute atomic E-state index is 6.27. The molecule has 1 aliphatic carbocycles. The zero-order valence-electron chi connectivity index (χ0n) is 12.9. The Morgan fingerprint density at radius 2 is 2.25 bits per heavy atom. The molecule has 0 spiro atoms. The van der Waals surface area contributed by atoms with Gasteiger partial charge >= 0.3 is 0 Å². The second kappa shape index (κ2) is 8.25. The summed E-state index contributed by atoms with van der Waals surface area (Å²) in [6.07, 6.45) is 11.7. The van der Waals surface area contributed by atoms with Gasteiger partial charge in [0.25, 0.3) is 0 Å². The Balaban J connectivity index is 1.94. The molecule has 1 saturated carbocycles. The molecule has 2 unspecified atom stereocenters. The fraction of sp³-hybridized carbons (Fsp3) is 0.706. The predicted octanol–water partition coefficient (Wildman–Crippen LogP) is 3.93. The Morgan fingerprint density at radius 1 is 1.35 bits per heavy atom. The fourth-order valence-electron chi connectivity index (χ4n) is 2.96. The highest BCUT2D eigenvalue weighted by Gasteiger charge is 2.22. The lowest BCUT2D eigenvalue weighted by Gasteiger charge is -2.29. The maximum atomic E-state index is 6.27. The lowest BCUT2D eigenvalue weighted by Crippen LogP contribution is -2.26. The van der Waals surface area contributed by atoms with Crippen molar-refractivity contribution in [3.05, 3.63) is 24.0 Å². The van der Waals surface area contributed by atoms with Crippen molar-refractivity contribution in [3.8, 4) is 5.75 Å². The van der Waals surface area contributed by atoms with Gasteiger partial charge in [0.1, 0.15) is 5.75 Å². The number of rotatable bonds is 7. The number of pyridine rings is 1. The summed E-state index contributed by atoms with van der Waals surface area (Å²) in [6, 6.07) is 2.01. The molecule has 1 aliphatic rings. The first kappa shape index (κ1) is 15.3. The topological polar surface area (TPSA) is 34.2 Å². The third-order valence-corrected chi connectivity index (χ3v) is 4.21. The van der Waals surface area contributed by atoms with Gasteiger partial charge in [-0.15, -0.1) is 0 Å². The van der Waals surface area contributed by atoms with Crippen LogP contribution < -0.4 is 10.1 Å². The highest BCUT2D eigenvalue weighted by molar-refractivity contribution is 5.30. The number of nitrogens with one attached hydrogen (secondary N) is 1. The molecule has 0 bridgehead atoms. The van der Waals surface area contributed by atoms with E-state index in [2.05, 4.69) is 24.1 Å². The summed E-state index contributed by atoms with van der Waals surface area (Å²) in [5.74, 6) is 1.86. The lowest BCUT2D eigenvalue weighted by molar-refractivity contribution is 0.120. The minimum absolute atomic E-state index is 0.390. The standard InChI is InChI=1S/C17H28N2O/c1-3-9-18-12-15-13-19-10-8-17(15)20-16-7-5-6-14(4-2)11-16/h8,10,13-14,16,18H,3-7,9,11-12H2,1-2H3. The van der Waals surface area contributed by atoms with E-state index in [0.717, 1.165) is 31.2 Å². The van der Waals surface area contributed by atoms with Crippen LogP contribution >= 0.6 is 0 Å². The molecule has 1 heterocycles. The van der Waals surface area contributed by atoms with Crippen molar-refractivity contribution < 1.29 is 4.74 Å². The second-order valence-corrected chi connectivity index (χ2v) is 5.84. The van der Waals surface area contributed by atoms with Gasteiger partial charge in [0.2, 0.25) is 0 Å². The largest absolute Gasteiger partial charge is 0.490 e. The Labute approximate surface area is 123 Å². The van der Waals surface area contributed by atoms with Crippen molar-refractivity contribution in [1.29, 1.82) is 0 Å².